The minimum absolute atomic E-state index is 0.226. The molecular weight excluding hydrogens is 234 g/mol. The number of aryl methyl sites for hydroxylation is 2. The van der Waals surface area contributed by atoms with Gasteiger partial charge in [0, 0.05) is 0 Å². The molecule has 1 unspecified atom stereocenters. The topological polar surface area (TPSA) is 35.2 Å². The van der Waals surface area contributed by atoms with E-state index in [-0.39, 0.29) is 5.41 Å². The third-order valence-corrected chi connectivity index (χ3v) is 3.74. The van der Waals surface area contributed by atoms with Crippen molar-refractivity contribution < 1.29 is 4.74 Å². The highest BCUT2D eigenvalue weighted by atomic mass is 16.5. The maximum absolute atomic E-state index is 5.80. The first-order valence-corrected chi connectivity index (χ1v) is 7.25. The number of hydrogen-bond donors (Lipinski definition) is 1. The fraction of sp³-hybridized carbons (Fsp3) is 0.647. The molecule has 0 radical (unpaired) electrons. The Balaban J connectivity index is 3.21. The largest absolute Gasteiger partial charge is 0.494 e. The molecule has 0 aliphatic heterocycles. The average molecular weight is 263 g/mol. The van der Waals surface area contributed by atoms with E-state index in [1.807, 2.05) is 6.92 Å². The summed E-state index contributed by atoms with van der Waals surface area (Å²) >= 11 is 0. The van der Waals surface area contributed by atoms with Crippen LogP contribution in [0.2, 0.25) is 0 Å². The molecule has 1 rings (SSSR count). The van der Waals surface area contributed by atoms with Crippen LogP contribution in [0.3, 0.4) is 0 Å². The summed E-state index contributed by atoms with van der Waals surface area (Å²) in [7, 11) is 0. The molecule has 0 amide bonds. The molecule has 1 atom stereocenters. The molecule has 0 saturated carbocycles. The highest BCUT2D eigenvalue weighted by Crippen LogP contribution is 2.40. The normalized spacial score (nSPS) is 13.4. The summed E-state index contributed by atoms with van der Waals surface area (Å²) in [6.07, 6.45) is 1.03. The monoisotopic (exact) mass is 263 g/mol. The van der Waals surface area contributed by atoms with E-state index in [2.05, 4.69) is 46.8 Å². The van der Waals surface area contributed by atoms with E-state index in [0.29, 0.717) is 12.5 Å². The van der Waals surface area contributed by atoms with Gasteiger partial charge >= 0.3 is 0 Å². The molecule has 0 aromatic heterocycles. The molecule has 2 heteroatoms. The highest BCUT2D eigenvalue weighted by molar-refractivity contribution is 5.43. The summed E-state index contributed by atoms with van der Waals surface area (Å²) in [6.45, 7) is 14.6. The summed E-state index contributed by atoms with van der Waals surface area (Å²) in [5, 5.41) is 0. The standard InChI is InChI=1S/C17H29NO/c1-7-19-16-11-12(2)14(10-13(16)3)15(8-9-18)17(4,5)6/h10-11,15H,7-9,18H2,1-6H3. The molecule has 0 aliphatic carbocycles. The fourth-order valence-corrected chi connectivity index (χ4v) is 2.72. The van der Waals surface area contributed by atoms with Gasteiger partial charge in [0.25, 0.3) is 0 Å². The van der Waals surface area contributed by atoms with E-state index < -0.39 is 0 Å². The van der Waals surface area contributed by atoms with Crippen LogP contribution in [0.4, 0.5) is 0 Å². The molecule has 1 aromatic carbocycles. The zero-order chi connectivity index (χ0) is 14.6. The van der Waals surface area contributed by atoms with Crippen molar-refractivity contribution in [2.75, 3.05) is 13.2 Å². The predicted octanol–water partition coefficient (Wildman–Crippen LogP) is 4.18. The second kappa shape index (κ2) is 6.42. The zero-order valence-corrected chi connectivity index (χ0v) is 13.3. The van der Waals surface area contributed by atoms with Crippen LogP contribution >= 0.6 is 0 Å². The lowest BCUT2D eigenvalue weighted by Crippen LogP contribution is -2.22. The first kappa shape index (κ1) is 16.0. The maximum Gasteiger partial charge on any atom is 0.122 e. The quantitative estimate of drug-likeness (QED) is 0.865. The lowest BCUT2D eigenvalue weighted by Gasteiger charge is -2.32. The van der Waals surface area contributed by atoms with Crippen molar-refractivity contribution in [2.24, 2.45) is 11.1 Å². The van der Waals surface area contributed by atoms with Crippen LogP contribution in [0.5, 0.6) is 5.75 Å². The van der Waals surface area contributed by atoms with Crippen LogP contribution in [0.25, 0.3) is 0 Å². The van der Waals surface area contributed by atoms with Crippen molar-refractivity contribution in [3.05, 3.63) is 28.8 Å². The van der Waals surface area contributed by atoms with Gasteiger partial charge in [-0.2, -0.15) is 0 Å². The Bertz CT molecular complexity index is 418. The van der Waals surface area contributed by atoms with Crippen molar-refractivity contribution in [2.45, 2.75) is 53.9 Å². The Kier molecular flexibility index (Phi) is 5.42. The van der Waals surface area contributed by atoms with Crippen molar-refractivity contribution in [1.29, 1.82) is 0 Å². The van der Waals surface area contributed by atoms with Gasteiger partial charge in [0.1, 0.15) is 5.75 Å². The average Bonchev–Trinajstić information content (AvgIpc) is 2.30. The minimum Gasteiger partial charge on any atom is -0.494 e. The second-order valence-corrected chi connectivity index (χ2v) is 6.40. The molecule has 2 nitrogen and oxygen atoms in total. The Morgan fingerprint density at radius 2 is 1.79 bits per heavy atom. The number of ether oxygens (including phenoxy) is 1. The van der Waals surface area contributed by atoms with Crippen molar-refractivity contribution in [3.8, 4) is 5.75 Å². The van der Waals surface area contributed by atoms with Gasteiger partial charge in [-0.3, -0.25) is 0 Å². The van der Waals surface area contributed by atoms with E-state index >= 15 is 0 Å². The molecule has 0 heterocycles. The maximum atomic E-state index is 5.80. The second-order valence-electron chi connectivity index (χ2n) is 6.40. The lowest BCUT2D eigenvalue weighted by atomic mass is 9.73. The van der Waals surface area contributed by atoms with Gasteiger partial charge in [-0.1, -0.05) is 26.8 Å². The number of hydrogen-bond acceptors (Lipinski definition) is 2. The third kappa shape index (κ3) is 3.97. The van der Waals surface area contributed by atoms with Crippen molar-refractivity contribution in [1.82, 2.24) is 0 Å². The Labute approximate surface area is 118 Å². The van der Waals surface area contributed by atoms with E-state index in [9.17, 15) is 0 Å². The first-order valence-electron chi connectivity index (χ1n) is 7.25. The molecule has 0 saturated heterocycles. The smallest absolute Gasteiger partial charge is 0.122 e. The molecule has 0 spiro atoms. The first-order chi connectivity index (χ1) is 8.81. The van der Waals surface area contributed by atoms with Gasteiger partial charge in [0.15, 0.2) is 0 Å². The van der Waals surface area contributed by atoms with Gasteiger partial charge in [0.2, 0.25) is 0 Å². The molecule has 2 N–H and O–H groups in total. The fourth-order valence-electron chi connectivity index (χ4n) is 2.72. The lowest BCUT2D eigenvalue weighted by molar-refractivity contribution is 0.305. The molecule has 19 heavy (non-hydrogen) atoms. The third-order valence-electron chi connectivity index (χ3n) is 3.74. The van der Waals surface area contributed by atoms with Gasteiger partial charge in [-0.05, 0) is 67.8 Å². The van der Waals surface area contributed by atoms with Crippen molar-refractivity contribution in [3.63, 3.8) is 0 Å². The summed E-state index contributed by atoms with van der Waals surface area (Å²) in [4.78, 5) is 0. The Morgan fingerprint density at radius 3 is 2.26 bits per heavy atom. The van der Waals surface area contributed by atoms with Crippen LogP contribution in [0.15, 0.2) is 12.1 Å². The van der Waals surface area contributed by atoms with Crippen LogP contribution in [0.1, 0.15) is 56.7 Å². The molecule has 0 bridgehead atoms. The molecular formula is C17H29NO. The molecule has 0 fully saturated rings. The predicted molar refractivity (Wildman–Crippen MR) is 83.0 cm³/mol. The Morgan fingerprint density at radius 1 is 1.16 bits per heavy atom. The highest BCUT2D eigenvalue weighted by Gasteiger charge is 2.27. The number of benzene rings is 1. The van der Waals surface area contributed by atoms with Crippen molar-refractivity contribution >= 4 is 0 Å². The van der Waals surface area contributed by atoms with E-state index in [4.69, 9.17) is 10.5 Å². The molecule has 1 aromatic rings. The van der Waals surface area contributed by atoms with Crippen LogP contribution in [-0.2, 0) is 0 Å². The number of rotatable bonds is 5. The van der Waals surface area contributed by atoms with E-state index in [1.54, 1.807) is 0 Å². The van der Waals surface area contributed by atoms with Gasteiger partial charge in [0.05, 0.1) is 6.61 Å². The molecule has 0 aliphatic rings. The summed E-state index contributed by atoms with van der Waals surface area (Å²) < 4.78 is 5.67. The van der Waals surface area contributed by atoms with Gasteiger partial charge in [-0.15, -0.1) is 0 Å². The zero-order valence-electron chi connectivity index (χ0n) is 13.3. The minimum atomic E-state index is 0.226. The van der Waals surface area contributed by atoms with E-state index in [1.165, 1.54) is 16.7 Å². The molecule has 108 valence electrons. The van der Waals surface area contributed by atoms with Crippen LogP contribution < -0.4 is 10.5 Å². The van der Waals surface area contributed by atoms with Gasteiger partial charge in [-0.25, -0.2) is 0 Å². The SMILES string of the molecule is CCOc1cc(C)c(C(CCN)C(C)(C)C)cc1C. The van der Waals surface area contributed by atoms with Gasteiger partial charge < -0.3 is 10.5 Å². The Hall–Kier alpha value is -1.02. The van der Waals surface area contributed by atoms with Crippen LogP contribution in [0, 0.1) is 19.3 Å². The summed E-state index contributed by atoms with van der Waals surface area (Å²) in [6, 6.07) is 4.45. The van der Waals surface area contributed by atoms with Crippen LogP contribution in [-0.4, -0.2) is 13.2 Å². The number of nitrogens with two attached hydrogens (primary N) is 1. The van der Waals surface area contributed by atoms with E-state index in [0.717, 1.165) is 18.7 Å². The summed E-state index contributed by atoms with van der Waals surface area (Å²) in [5.41, 5.74) is 9.97. The summed E-state index contributed by atoms with van der Waals surface area (Å²) in [5.74, 6) is 1.50.